The van der Waals surface area contributed by atoms with Gasteiger partial charge in [-0.25, -0.2) is 18.2 Å². The van der Waals surface area contributed by atoms with Crippen LogP contribution in [0.3, 0.4) is 0 Å². The lowest BCUT2D eigenvalue weighted by Crippen LogP contribution is -2.28. The predicted molar refractivity (Wildman–Crippen MR) is 99.9 cm³/mol. The number of hydrogen-bond donors (Lipinski definition) is 2. The zero-order chi connectivity index (χ0) is 18.7. The third-order valence-corrected chi connectivity index (χ3v) is 5.56. The number of anilines is 1. The van der Waals surface area contributed by atoms with Crippen molar-refractivity contribution in [1.29, 1.82) is 0 Å². The maximum atomic E-state index is 12.0. The fourth-order valence-corrected chi connectivity index (χ4v) is 3.32. The van der Waals surface area contributed by atoms with Crippen molar-refractivity contribution in [3.63, 3.8) is 0 Å². The van der Waals surface area contributed by atoms with Crippen LogP contribution in [0.15, 0.2) is 51.8 Å². The number of fused-ring (bicyclic) bond motifs is 1. The van der Waals surface area contributed by atoms with Gasteiger partial charge in [-0.15, -0.1) is 0 Å². The number of amides is 2. The Balaban J connectivity index is 1.87. The average molecular weight is 373 g/mol. The van der Waals surface area contributed by atoms with E-state index >= 15 is 0 Å². The van der Waals surface area contributed by atoms with Crippen molar-refractivity contribution in [2.45, 2.75) is 18.7 Å². The van der Waals surface area contributed by atoms with E-state index in [1.165, 1.54) is 12.1 Å². The number of nitrogens with one attached hydrogen (secondary N) is 2. The number of aromatic nitrogens is 1. The molecule has 0 unspecified atom stereocenters. The van der Waals surface area contributed by atoms with Crippen molar-refractivity contribution in [2.75, 3.05) is 17.6 Å². The van der Waals surface area contributed by atoms with Gasteiger partial charge in [0, 0.05) is 17.8 Å². The monoisotopic (exact) mass is 373 g/mol. The Kier molecular flexibility index (Phi) is 4.94. The van der Waals surface area contributed by atoms with Crippen molar-refractivity contribution in [2.24, 2.45) is 0 Å². The Morgan fingerprint density at radius 2 is 1.85 bits per heavy atom. The van der Waals surface area contributed by atoms with Crippen LogP contribution >= 0.6 is 0 Å². The van der Waals surface area contributed by atoms with E-state index in [0.717, 1.165) is 5.56 Å². The standard InChI is InChI=1S/C18H19N3O4S/c1-3-19-18(22)20-13-7-5-12(6-8-13)17-21-15-11-14(26(23,24)4-2)9-10-16(15)25-17/h5-11H,3-4H2,1-2H3,(H2,19,20,22). The van der Waals surface area contributed by atoms with Crippen LogP contribution in [-0.2, 0) is 9.84 Å². The number of carbonyl (C=O) groups excluding carboxylic acids is 1. The SMILES string of the molecule is CCNC(=O)Nc1ccc(-c2nc3cc(S(=O)(=O)CC)ccc3o2)cc1. The summed E-state index contributed by atoms with van der Waals surface area (Å²) >= 11 is 0. The molecule has 0 fully saturated rings. The van der Waals surface area contributed by atoms with Crippen LogP contribution < -0.4 is 10.6 Å². The van der Waals surface area contributed by atoms with E-state index in [0.29, 0.717) is 29.2 Å². The highest BCUT2D eigenvalue weighted by atomic mass is 32.2. The van der Waals surface area contributed by atoms with Crippen molar-refractivity contribution in [3.8, 4) is 11.5 Å². The molecule has 0 bridgehead atoms. The summed E-state index contributed by atoms with van der Waals surface area (Å²) in [6.07, 6.45) is 0. The van der Waals surface area contributed by atoms with E-state index in [-0.39, 0.29) is 16.7 Å². The summed E-state index contributed by atoms with van der Waals surface area (Å²) in [4.78, 5) is 16.1. The third kappa shape index (κ3) is 3.70. The molecule has 2 aromatic carbocycles. The summed E-state index contributed by atoms with van der Waals surface area (Å²) in [5.41, 5.74) is 2.37. The molecule has 0 spiro atoms. The van der Waals surface area contributed by atoms with Gasteiger partial charge in [-0.3, -0.25) is 0 Å². The smallest absolute Gasteiger partial charge is 0.319 e. The molecule has 0 saturated heterocycles. The summed E-state index contributed by atoms with van der Waals surface area (Å²) < 4.78 is 29.7. The van der Waals surface area contributed by atoms with Crippen LogP contribution in [-0.4, -0.2) is 31.7 Å². The highest BCUT2D eigenvalue weighted by Crippen LogP contribution is 2.27. The van der Waals surface area contributed by atoms with E-state index < -0.39 is 9.84 Å². The van der Waals surface area contributed by atoms with Gasteiger partial charge in [-0.1, -0.05) is 6.92 Å². The van der Waals surface area contributed by atoms with Crippen molar-refractivity contribution >= 4 is 32.7 Å². The van der Waals surface area contributed by atoms with Crippen molar-refractivity contribution < 1.29 is 17.6 Å². The molecule has 26 heavy (non-hydrogen) atoms. The second kappa shape index (κ2) is 7.17. The second-order valence-electron chi connectivity index (χ2n) is 5.61. The van der Waals surface area contributed by atoms with Gasteiger partial charge in [0.15, 0.2) is 15.4 Å². The molecule has 7 nitrogen and oxygen atoms in total. The number of urea groups is 1. The summed E-state index contributed by atoms with van der Waals surface area (Å²) in [5.74, 6) is 0.416. The zero-order valence-corrected chi connectivity index (χ0v) is 15.3. The normalized spacial score (nSPS) is 11.5. The van der Waals surface area contributed by atoms with Crippen molar-refractivity contribution in [1.82, 2.24) is 10.3 Å². The molecule has 0 saturated carbocycles. The van der Waals surface area contributed by atoms with Gasteiger partial charge in [0.1, 0.15) is 5.52 Å². The number of oxazole rings is 1. The first-order chi connectivity index (χ1) is 12.4. The van der Waals surface area contributed by atoms with Gasteiger partial charge < -0.3 is 15.1 Å². The number of nitrogens with zero attached hydrogens (tertiary/aromatic N) is 1. The maximum absolute atomic E-state index is 12.0. The fourth-order valence-electron chi connectivity index (χ4n) is 2.42. The molecule has 3 rings (SSSR count). The number of sulfone groups is 1. The molecule has 2 amide bonds. The Labute approximate surface area is 151 Å². The molecule has 0 radical (unpaired) electrons. The van der Waals surface area contributed by atoms with Gasteiger partial charge in [0.25, 0.3) is 0 Å². The minimum atomic E-state index is -3.29. The highest BCUT2D eigenvalue weighted by Gasteiger charge is 2.15. The van der Waals surface area contributed by atoms with Gasteiger partial charge in [-0.05, 0) is 49.4 Å². The van der Waals surface area contributed by atoms with Gasteiger partial charge >= 0.3 is 6.03 Å². The Bertz CT molecular complexity index is 1040. The lowest BCUT2D eigenvalue weighted by atomic mass is 10.2. The molecule has 136 valence electrons. The number of hydrogen-bond acceptors (Lipinski definition) is 5. The van der Waals surface area contributed by atoms with Crippen LogP contribution in [0.25, 0.3) is 22.6 Å². The fraction of sp³-hybridized carbons (Fsp3) is 0.222. The average Bonchev–Trinajstić information content (AvgIpc) is 3.05. The van der Waals surface area contributed by atoms with E-state index in [2.05, 4.69) is 15.6 Å². The minimum Gasteiger partial charge on any atom is -0.436 e. The first-order valence-electron chi connectivity index (χ1n) is 8.21. The molecule has 3 aromatic rings. The molecule has 0 aliphatic carbocycles. The van der Waals surface area contributed by atoms with Gasteiger partial charge in [-0.2, -0.15) is 0 Å². The van der Waals surface area contributed by atoms with Crippen LogP contribution in [0, 0.1) is 0 Å². The molecular formula is C18H19N3O4S. The molecule has 0 aliphatic rings. The maximum Gasteiger partial charge on any atom is 0.319 e. The number of carbonyl (C=O) groups is 1. The first-order valence-corrected chi connectivity index (χ1v) is 9.87. The zero-order valence-electron chi connectivity index (χ0n) is 14.4. The van der Waals surface area contributed by atoms with Crippen molar-refractivity contribution in [3.05, 3.63) is 42.5 Å². The van der Waals surface area contributed by atoms with Crippen LogP contribution in [0.4, 0.5) is 10.5 Å². The Morgan fingerprint density at radius 1 is 1.12 bits per heavy atom. The van der Waals surface area contributed by atoms with E-state index in [1.54, 1.807) is 37.3 Å². The van der Waals surface area contributed by atoms with Crippen LogP contribution in [0.2, 0.25) is 0 Å². The lowest BCUT2D eigenvalue weighted by Gasteiger charge is -2.05. The molecule has 2 N–H and O–H groups in total. The van der Waals surface area contributed by atoms with E-state index in [1.807, 2.05) is 6.92 Å². The molecule has 0 atom stereocenters. The largest absolute Gasteiger partial charge is 0.436 e. The molecule has 8 heteroatoms. The number of benzene rings is 2. The summed E-state index contributed by atoms with van der Waals surface area (Å²) in [5, 5.41) is 5.36. The van der Waals surface area contributed by atoms with Gasteiger partial charge in [0.05, 0.1) is 10.6 Å². The Hall–Kier alpha value is -2.87. The quantitative estimate of drug-likeness (QED) is 0.713. The minimum absolute atomic E-state index is 0.0310. The van der Waals surface area contributed by atoms with Crippen LogP contribution in [0.1, 0.15) is 13.8 Å². The lowest BCUT2D eigenvalue weighted by molar-refractivity contribution is 0.252. The summed E-state index contributed by atoms with van der Waals surface area (Å²) in [6, 6.07) is 11.4. The predicted octanol–water partition coefficient (Wildman–Crippen LogP) is 3.43. The summed E-state index contributed by atoms with van der Waals surface area (Å²) in [7, 11) is -3.29. The second-order valence-corrected chi connectivity index (χ2v) is 7.89. The third-order valence-electron chi connectivity index (χ3n) is 3.83. The van der Waals surface area contributed by atoms with E-state index in [9.17, 15) is 13.2 Å². The number of rotatable bonds is 5. The highest BCUT2D eigenvalue weighted by molar-refractivity contribution is 7.91. The topological polar surface area (TPSA) is 101 Å². The Morgan fingerprint density at radius 3 is 2.50 bits per heavy atom. The first kappa shape index (κ1) is 17.9. The van der Waals surface area contributed by atoms with Gasteiger partial charge in [0.2, 0.25) is 5.89 Å². The van der Waals surface area contributed by atoms with E-state index in [4.69, 9.17) is 4.42 Å². The molecule has 1 heterocycles. The molecular weight excluding hydrogens is 354 g/mol. The summed E-state index contributed by atoms with van der Waals surface area (Å²) in [6.45, 7) is 3.99. The van der Waals surface area contributed by atoms with Crippen LogP contribution in [0.5, 0.6) is 0 Å². The molecule has 1 aromatic heterocycles. The molecule has 0 aliphatic heterocycles.